The Hall–Kier alpha value is -0.870. The molecule has 0 amide bonds. The third-order valence-electron chi connectivity index (χ3n) is 3.38. The monoisotopic (exact) mass is 267 g/mol. The van der Waals surface area contributed by atoms with Crippen molar-refractivity contribution in [1.29, 1.82) is 0 Å². The molecule has 1 aromatic rings. The third-order valence-corrected chi connectivity index (χ3v) is 4.78. The highest BCUT2D eigenvalue weighted by molar-refractivity contribution is 8.00. The van der Waals surface area contributed by atoms with Crippen molar-refractivity contribution < 1.29 is 9.47 Å². The van der Waals surface area contributed by atoms with Crippen molar-refractivity contribution in [3.05, 3.63) is 18.2 Å². The van der Waals surface area contributed by atoms with Crippen LogP contribution in [0.5, 0.6) is 11.5 Å². The number of hydrogen-bond acceptors (Lipinski definition) is 4. The van der Waals surface area contributed by atoms with Crippen LogP contribution in [-0.4, -0.2) is 25.5 Å². The highest BCUT2D eigenvalue weighted by Gasteiger charge is 2.20. The predicted octanol–water partition coefficient (Wildman–Crippen LogP) is 3.07. The van der Waals surface area contributed by atoms with E-state index in [9.17, 15) is 0 Å². The largest absolute Gasteiger partial charge is 0.497 e. The molecule has 0 aromatic heterocycles. The molecule has 0 aliphatic heterocycles. The molecule has 3 nitrogen and oxygen atoms in total. The number of benzene rings is 1. The van der Waals surface area contributed by atoms with E-state index in [0.717, 1.165) is 24.3 Å². The predicted molar refractivity (Wildman–Crippen MR) is 75.6 cm³/mol. The van der Waals surface area contributed by atoms with Crippen LogP contribution in [-0.2, 0) is 0 Å². The Bertz CT molecular complexity index is 389. The van der Waals surface area contributed by atoms with Crippen LogP contribution in [0.15, 0.2) is 23.1 Å². The zero-order chi connectivity index (χ0) is 13.0. The zero-order valence-electron chi connectivity index (χ0n) is 11.0. The molecule has 0 bridgehead atoms. The molecule has 1 fully saturated rings. The van der Waals surface area contributed by atoms with Crippen LogP contribution in [0.3, 0.4) is 0 Å². The Morgan fingerprint density at radius 1 is 1.11 bits per heavy atom. The summed E-state index contributed by atoms with van der Waals surface area (Å²) >= 11 is 1.90. The minimum atomic E-state index is 0.402. The Labute approximate surface area is 113 Å². The van der Waals surface area contributed by atoms with E-state index in [1.54, 1.807) is 14.2 Å². The number of nitrogens with two attached hydrogens (primary N) is 1. The number of methoxy groups -OCH3 is 2. The van der Waals surface area contributed by atoms with Gasteiger partial charge in [-0.05, 0) is 37.8 Å². The lowest BCUT2D eigenvalue weighted by molar-refractivity contribution is 0.387. The van der Waals surface area contributed by atoms with Crippen molar-refractivity contribution in [2.24, 2.45) is 5.73 Å². The molecule has 2 N–H and O–H groups in total. The van der Waals surface area contributed by atoms with Gasteiger partial charge in [-0.1, -0.05) is 0 Å². The molecule has 1 aliphatic rings. The topological polar surface area (TPSA) is 44.5 Å². The molecule has 2 rings (SSSR count). The molecule has 100 valence electrons. The average molecular weight is 267 g/mol. The standard InChI is InChI=1S/C14H21NO2S/c1-16-11-5-8-14(13(9-11)17-2)18-12-6-3-10(15)4-7-12/h5,8-10,12H,3-4,6-7,15H2,1-2H3. The molecule has 0 saturated heterocycles. The van der Waals surface area contributed by atoms with Crippen LogP contribution < -0.4 is 15.2 Å². The van der Waals surface area contributed by atoms with Crippen molar-refractivity contribution in [2.45, 2.75) is 41.9 Å². The Morgan fingerprint density at radius 3 is 2.44 bits per heavy atom. The normalized spacial score (nSPS) is 23.7. The third kappa shape index (κ3) is 3.33. The van der Waals surface area contributed by atoms with Gasteiger partial charge in [-0.2, -0.15) is 0 Å². The summed E-state index contributed by atoms with van der Waals surface area (Å²) in [5, 5.41) is 0.659. The van der Waals surface area contributed by atoms with Crippen LogP contribution in [0.1, 0.15) is 25.7 Å². The number of ether oxygens (including phenoxy) is 2. The minimum absolute atomic E-state index is 0.402. The van der Waals surface area contributed by atoms with E-state index in [-0.39, 0.29) is 0 Å². The fourth-order valence-electron chi connectivity index (χ4n) is 2.26. The second kappa shape index (κ2) is 6.34. The van der Waals surface area contributed by atoms with Gasteiger partial charge in [-0.25, -0.2) is 0 Å². The van der Waals surface area contributed by atoms with Crippen molar-refractivity contribution in [1.82, 2.24) is 0 Å². The molecular weight excluding hydrogens is 246 g/mol. The van der Waals surface area contributed by atoms with Gasteiger partial charge in [0.1, 0.15) is 11.5 Å². The average Bonchev–Trinajstić information content (AvgIpc) is 2.41. The summed E-state index contributed by atoms with van der Waals surface area (Å²) in [7, 11) is 3.37. The maximum Gasteiger partial charge on any atom is 0.136 e. The lowest BCUT2D eigenvalue weighted by Crippen LogP contribution is -2.27. The maximum absolute atomic E-state index is 5.93. The number of hydrogen-bond donors (Lipinski definition) is 1. The van der Waals surface area contributed by atoms with Crippen LogP contribution >= 0.6 is 11.8 Å². The lowest BCUT2D eigenvalue weighted by Gasteiger charge is -2.26. The second-order valence-corrected chi connectivity index (χ2v) is 6.01. The summed E-state index contributed by atoms with van der Waals surface area (Å²) < 4.78 is 10.6. The van der Waals surface area contributed by atoms with E-state index in [2.05, 4.69) is 6.07 Å². The van der Waals surface area contributed by atoms with Gasteiger partial charge in [-0.15, -0.1) is 11.8 Å². The summed E-state index contributed by atoms with van der Waals surface area (Å²) in [6.07, 6.45) is 4.66. The van der Waals surface area contributed by atoms with Gasteiger partial charge in [0.05, 0.1) is 14.2 Å². The van der Waals surface area contributed by atoms with Crippen molar-refractivity contribution in [3.8, 4) is 11.5 Å². The fourth-order valence-corrected chi connectivity index (χ4v) is 3.53. The summed E-state index contributed by atoms with van der Waals surface area (Å²) in [5.74, 6) is 1.73. The molecule has 1 aromatic carbocycles. The molecule has 0 radical (unpaired) electrons. The van der Waals surface area contributed by atoms with E-state index < -0.39 is 0 Å². The van der Waals surface area contributed by atoms with Crippen molar-refractivity contribution in [2.75, 3.05) is 14.2 Å². The Kier molecular flexibility index (Phi) is 4.78. The van der Waals surface area contributed by atoms with Crippen LogP contribution in [0, 0.1) is 0 Å². The van der Waals surface area contributed by atoms with Gasteiger partial charge in [0.25, 0.3) is 0 Å². The molecule has 0 heterocycles. The summed E-state index contributed by atoms with van der Waals surface area (Å²) in [6.45, 7) is 0. The second-order valence-electron chi connectivity index (χ2n) is 4.67. The SMILES string of the molecule is COc1ccc(SC2CCC(N)CC2)c(OC)c1. The van der Waals surface area contributed by atoms with Crippen molar-refractivity contribution in [3.63, 3.8) is 0 Å². The quantitative estimate of drug-likeness (QED) is 0.910. The van der Waals surface area contributed by atoms with Gasteiger partial charge in [0.2, 0.25) is 0 Å². The minimum Gasteiger partial charge on any atom is -0.497 e. The van der Waals surface area contributed by atoms with E-state index in [1.165, 1.54) is 17.7 Å². The lowest BCUT2D eigenvalue weighted by atomic mass is 9.96. The number of thioether (sulfide) groups is 1. The molecule has 4 heteroatoms. The Balaban J connectivity index is 2.04. The van der Waals surface area contributed by atoms with Gasteiger partial charge in [0.15, 0.2) is 0 Å². The summed E-state index contributed by atoms with van der Waals surface area (Å²) in [5.41, 5.74) is 5.93. The van der Waals surface area contributed by atoms with E-state index >= 15 is 0 Å². The molecule has 1 aliphatic carbocycles. The van der Waals surface area contributed by atoms with Crippen LogP contribution in [0.4, 0.5) is 0 Å². The molecule has 0 spiro atoms. The highest BCUT2D eigenvalue weighted by Crippen LogP contribution is 2.39. The Morgan fingerprint density at radius 2 is 1.83 bits per heavy atom. The van der Waals surface area contributed by atoms with Gasteiger partial charge in [0, 0.05) is 22.3 Å². The maximum atomic E-state index is 5.93. The first kappa shape index (κ1) is 13.6. The summed E-state index contributed by atoms with van der Waals surface area (Å²) in [4.78, 5) is 1.19. The van der Waals surface area contributed by atoms with E-state index in [1.807, 2.05) is 23.9 Å². The first-order valence-corrected chi connectivity index (χ1v) is 7.25. The highest BCUT2D eigenvalue weighted by atomic mass is 32.2. The van der Waals surface area contributed by atoms with E-state index in [4.69, 9.17) is 15.2 Å². The van der Waals surface area contributed by atoms with Gasteiger partial charge >= 0.3 is 0 Å². The van der Waals surface area contributed by atoms with Gasteiger partial charge in [-0.3, -0.25) is 0 Å². The molecular formula is C14H21NO2S. The van der Waals surface area contributed by atoms with E-state index in [0.29, 0.717) is 11.3 Å². The molecule has 0 atom stereocenters. The first-order valence-electron chi connectivity index (χ1n) is 6.37. The molecule has 0 unspecified atom stereocenters. The first-order chi connectivity index (χ1) is 8.72. The zero-order valence-corrected chi connectivity index (χ0v) is 11.8. The summed E-state index contributed by atoms with van der Waals surface area (Å²) in [6, 6.07) is 6.41. The molecule has 1 saturated carbocycles. The number of rotatable bonds is 4. The molecule has 18 heavy (non-hydrogen) atoms. The van der Waals surface area contributed by atoms with Crippen molar-refractivity contribution >= 4 is 11.8 Å². The smallest absolute Gasteiger partial charge is 0.136 e. The van der Waals surface area contributed by atoms with Crippen LogP contribution in [0.2, 0.25) is 0 Å². The fraction of sp³-hybridized carbons (Fsp3) is 0.571. The van der Waals surface area contributed by atoms with Gasteiger partial charge < -0.3 is 15.2 Å². The van der Waals surface area contributed by atoms with Crippen LogP contribution in [0.25, 0.3) is 0 Å².